The van der Waals surface area contributed by atoms with Gasteiger partial charge in [-0.15, -0.1) is 0 Å². The van der Waals surface area contributed by atoms with E-state index in [-0.39, 0.29) is 17.5 Å². The smallest absolute Gasteiger partial charge is 0.255 e. The first-order valence-corrected chi connectivity index (χ1v) is 8.80. The predicted molar refractivity (Wildman–Crippen MR) is 102 cm³/mol. The number of benzene rings is 2. The molecule has 130 valence electrons. The number of hydrogen-bond acceptors (Lipinski definition) is 2. The van der Waals surface area contributed by atoms with Crippen molar-refractivity contribution >= 4 is 5.91 Å². The fraction of sp³-hybridized carbons (Fsp3) is 0.182. The maximum absolute atomic E-state index is 12.7. The Bertz CT molecular complexity index is 1000. The number of pyridine rings is 1. The van der Waals surface area contributed by atoms with Crippen LogP contribution in [0.4, 0.5) is 0 Å². The number of fused-ring (bicyclic) bond motifs is 1. The van der Waals surface area contributed by atoms with Crippen LogP contribution in [-0.4, -0.2) is 10.5 Å². The van der Waals surface area contributed by atoms with Crippen molar-refractivity contribution in [2.75, 3.05) is 0 Å². The van der Waals surface area contributed by atoms with Crippen molar-refractivity contribution in [2.24, 2.45) is 5.92 Å². The van der Waals surface area contributed by atoms with Crippen molar-refractivity contribution in [2.45, 2.75) is 19.4 Å². The number of carbonyl (C=O) groups excluding carboxylic acids is 1. The minimum atomic E-state index is -0.0962. The molecule has 0 bridgehead atoms. The molecule has 4 nitrogen and oxygen atoms in total. The van der Waals surface area contributed by atoms with E-state index in [1.54, 1.807) is 47.2 Å². The summed E-state index contributed by atoms with van der Waals surface area (Å²) in [6.45, 7) is 2.16. The Hall–Kier alpha value is -3.14. The van der Waals surface area contributed by atoms with Crippen LogP contribution in [0.2, 0.25) is 0 Å². The topological polar surface area (TPSA) is 51.1 Å². The highest BCUT2D eigenvalue weighted by atomic mass is 16.1. The van der Waals surface area contributed by atoms with Crippen LogP contribution < -0.4 is 10.9 Å². The molecule has 0 radical (unpaired) electrons. The van der Waals surface area contributed by atoms with E-state index in [1.807, 2.05) is 12.1 Å². The Morgan fingerprint density at radius 1 is 1.00 bits per heavy atom. The van der Waals surface area contributed by atoms with Crippen LogP contribution in [0.5, 0.6) is 0 Å². The molecule has 1 aliphatic carbocycles. The zero-order valence-electron chi connectivity index (χ0n) is 14.6. The van der Waals surface area contributed by atoms with Gasteiger partial charge in [-0.3, -0.25) is 14.2 Å². The van der Waals surface area contributed by atoms with Gasteiger partial charge in [0, 0.05) is 23.5 Å². The minimum absolute atomic E-state index is 0.0371. The predicted octanol–water partition coefficient (Wildman–Crippen LogP) is 3.50. The zero-order valence-corrected chi connectivity index (χ0v) is 14.6. The molecule has 4 rings (SSSR count). The molecule has 1 aliphatic rings. The third-order valence-electron chi connectivity index (χ3n) is 5.02. The first kappa shape index (κ1) is 16.3. The van der Waals surface area contributed by atoms with E-state index in [9.17, 15) is 9.59 Å². The average Bonchev–Trinajstić information content (AvgIpc) is 2.98. The average molecular weight is 344 g/mol. The number of aromatic nitrogens is 1. The van der Waals surface area contributed by atoms with Gasteiger partial charge in [0.1, 0.15) is 0 Å². The quantitative estimate of drug-likeness (QED) is 0.791. The van der Waals surface area contributed by atoms with Crippen LogP contribution in [0.1, 0.15) is 34.5 Å². The lowest BCUT2D eigenvalue weighted by Gasteiger charge is -2.19. The van der Waals surface area contributed by atoms with Crippen LogP contribution >= 0.6 is 0 Å². The second-order valence-corrected chi connectivity index (χ2v) is 6.79. The normalized spacial score (nSPS) is 18.3. The van der Waals surface area contributed by atoms with Gasteiger partial charge in [0.05, 0.1) is 6.04 Å². The SMILES string of the molecule is C[C@@H]1Cc2ccccc2[C@@H]1NC(=O)c1ccc(-n2ccccc2=O)cc1. The molecule has 3 aromatic rings. The molecule has 4 heteroatoms. The maximum Gasteiger partial charge on any atom is 0.255 e. The van der Waals surface area contributed by atoms with Crippen molar-refractivity contribution in [3.8, 4) is 5.69 Å². The standard InChI is InChI=1S/C22H20N2O2/c1-15-14-17-6-2-3-7-19(17)21(15)23-22(26)16-9-11-18(12-10-16)24-13-5-4-8-20(24)25/h2-13,15,21H,14H2,1H3,(H,23,26)/t15-,21-/m1/s1. The highest BCUT2D eigenvalue weighted by molar-refractivity contribution is 5.94. The van der Waals surface area contributed by atoms with Gasteiger partial charge in [-0.2, -0.15) is 0 Å². The molecule has 0 spiro atoms. The van der Waals surface area contributed by atoms with Gasteiger partial charge in [0.15, 0.2) is 0 Å². The molecular formula is C22H20N2O2. The van der Waals surface area contributed by atoms with E-state index >= 15 is 0 Å². The van der Waals surface area contributed by atoms with Crippen molar-refractivity contribution in [1.29, 1.82) is 0 Å². The lowest BCUT2D eigenvalue weighted by Crippen LogP contribution is -2.30. The molecule has 2 atom stereocenters. The number of nitrogens with one attached hydrogen (secondary N) is 1. The summed E-state index contributed by atoms with van der Waals surface area (Å²) in [5.41, 5.74) is 3.76. The van der Waals surface area contributed by atoms with Crippen LogP contribution in [0, 0.1) is 5.92 Å². The largest absolute Gasteiger partial charge is 0.345 e. The molecule has 1 heterocycles. The summed E-state index contributed by atoms with van der Waals surface area (Å²) in [5, 5.41) is 3.16. The molecule has 0 fully saturated rings. The van der Waals surface area contributed by atoms with E-state index < -0.39 is 0 Å². The van der Waals surface area contributed by atoms with Gasteiger partial charge in [0.25, 0.3) is 11.5 Å². The van der Waals surface area contributed by atoms with Gasteiger partial charge in [-0.1, -0.05) is 37.3 Å². The number of hydrogen-bond donors (Lipinski definition) is 1. The molecule has 1 aromatic heterocycles. The van der Waals surface area contributed by atoms with E-state index in [1.165, 1.54) is 17.2 Å². The van der Waals surface area contributed by atoms with Gasteiger partial charge in [0.2, 0.25) is 0 Å². The van der Waals surface area contributed by atoms with Crippen LogP contribution in [0.15, 0.2) is 77.7 Å². The van der Waals surface area contributed by atoms with Gasteiger partial charge in [-0.05, 0) is 53.8 Å². The minimum Gasteiger partial charge on any atom is -0.345 e. The Labute approximate surface area is 152 Å². The van der Waals surface area contributed by atoms with Gasteiger partial charge < -0.3 is 5.32 Å². The summed E-state index contributed by atoms with van der Waals surface area (Å²) in [4.78, 5) is 24.6. The maximum atomic E-state index is 12.7. The number of rotatable bonds is 3. The van der Waals surface area contributed by atoms with Crippen molar-refractivity contribution in [3.63, 3.8) is 0 Å². The monoisotopic (exact) mass is 344 g/mol. The van der Waals surface area contributed by atoms with Crippen molar-refractivity contribution < 1.29 is 4.79 Å². The molecule has 0 unspecified atom stereocenters. The van der Waals surface area contributed by atoms with E-state index in [2.05, 4.69) is 24.4 Å². The van der Waals surface area contributed by atoms with Crippen LogP contribution in [-0.2, 0) is 6.42 Å². The third kappa shape index (κ3) is 2.94. The van der Waals surface area contributed by atoms with Gasteiger partial charge in [-0.25, -0.2) is 0 Å². The molecule has 2 aromatic carbocycles. The van der Waals surface area contributed by atoms with E-state index in [4.69, 9.17) is 0 Å². The van der Waals surface area contributed by atoms with Crippen molar-refractivity contribution in [1.82, 2.24) is 9.88 Å². The van der Waals surface area contributed by atoms with E-state index in [0.29, 0.717) is 11.5 Å². The Kier molecular flexibility index (Phi) is 4.17. The number of carbonyl (C=O) groups is 1. The van der Waals surface area contributed by atoms with Crippen LogP contribution in [0.25, 0.3) is 5.69 Å². The molecule has 0 aliphatic heterocycles. The molecule has 1 N–H and O–H groups in total. The first-order chi connectivity index (χ1) is 12.6. The summed E-state index contributed by atoms with van der Waals surface area (Å²) >= 11 is 0. The number of amides is 1. The highest BCUT2D eigenvalue weighted by Gasteiger charge is 2.30. The lowest BCUT2D eigenvalue weighted by molar-refractivity contribution is 0.0927. The Balaban J connectivity index is 1.54. The van der Waals surface area contributed by atoms with Crippen LogP contribution in [0.3, 0.4) is 0 Å². The third-order valence-corrected chi connectivity index (χ3v) is 5.02. The molecular weight excluding hydrogens is 324 g/mol. The molecule has 1 amide bonds. The number of nitrogens with zero attached hydrogens (tertiary/aromatic N) is 1. The summed E-state index contributed by atoms with van der Waals surface area (Å²) in [6, 6.07) is 20.5. The second kappa shape index (κ2) is 6.64. The lowest BCUT2D eigenvalue weighted by atomic mass is 10.0. The summed E-state index contributed by atoms with van der Waals surface area (Å²) in [6.07, 6.45) is 2.70. The molecule has 26 heavy (non-hydrogen) atoms. The Morgan fingerprint density at radius 2 is 1.73 bits per heavy atom. The Morgan fingerprint density at radius 3 is 2.50 bits per heavy atom. The summed E-state index contributed by atoms with van der Waals surface area (Å²) in [7, 11) is 0. The summed E-state index contributed by atoms with van der Waals surface area (Å²) < 4.78 is 1.55. The zero-order chi connectivity index (χ0) is 18.1. The van der Waals surface area contributed by atoms with Gasteiger partial charge >= 0.3 is 0 Å². The molecule has 0 saturated heterocycles. The highest BCUT2D eigenvalue weighted by Crippen LogP contribution is 2.35. The summed E-state index contributed by atoms with van der Waals surface area (Å²) in [5.74, 6) is 0.282. The fourth-order valence-electron chi connectivity index (χ4n) is 3.65. The second-order valence-electron chi connectivity index (χ2n) is 6.79. The first-order valence-electron chi connectivity index (χ1n) is 8.80. The fourth-order valence-corrected chi connectivity index (χ4v) is 3.65. The molecule has 0 saturated carbocycles. The van der Waals surface area contributed by atoms with E-state index in [0.717, 1.165) is 12.1 Å². The van der Waals surface area contributed by atoms with Crippen molar-refractivity contribution in [3.05, 3.63) is 100.0 Å².